The fourth-order valence-electron chi connectivity index (χ4n) is 1.50. The third-order valence-electron chi connectivity index (χ3n) is 2.17. The van der Waals surface area contributed by atoms with Gasteiger partial charge in [-0.05, 0) is 23.2 Å². The van der Waals surface area contributed by atoms with Gasteiger partial charge in [-0.2, -0.15) is 18.2 Å². The van der Waals surface area contributed by atoms with Gasteiger partial charge in [0.1, 0.15) is 0 Å². The Bertz CT molecular complexity index is 502. The second-order valence-corrected chi connectivity index (χ2v) is 3.12. The molecule has 0 aliphatic heterocycles. The van der Waals surface area contributed by atoms with Crippen molar-refractivity contribution < 1.29 is 21.1 Å². The summed E-state index contributed by atoms with van der Waals surface area (Å²) in [6, 6.07) is 16.7. The van der Waals surface area contributed by atoms with Crippen molar-refractivity contribution in [2.24, 2.45) is 0 Å². The molecule has 2 aromatic carbocycles. The number of hydrogen-bond donors (Lipinski definition) is 0. The Hall–Kier alpha value is -1.27. The zero-order valence-electron chi connectivity index (χ0n) is 7.75. The summed E-state index contributed by atoms with van der Waals surface area (Å²) in [5.74, 6) is 0. The second-order valence-electron chi connectivity index (χ2n) is 3.12. The van der Waals surface area contributed by atoms with Gasteiger partial charge in [-0.25, -0.2) is 0 Å². The van der Waals surface area contributed by atoms with Gasteiger partial charge in [-0.15, -0.1) is 6.07 Å². The molecule has 15 heavy (non-hydrogen) atoms. The average molecular weight is 374 g/mol. The van der Waals surface area contributed by atoms with Gasteiger partial charge in [0.2, 0.25) is 0 Å². The van der Waals surface area contributed by atoms with Gasteiger partial charge in [-0.1, -0.05) is 12.1 Å². The fraction of sp³-hybridized carbons (Fsp3) is 0. The van der Waals surface area contributed by atoms with Crippen LogP contribution in [0.4, 0.5) is 0 Å². The number of benzene rings is 2. The predicted molar refractivity (Wildman–Crippen MR) is 55.9 cm³/mol. The third kappa shape index (κ3) is 1.78. The van der Waals surface area contributed by atoms with Crippen molar-refractivity contribution in [1.82, 2.24) is 9.97 Å². The van der Waals surface area contributed by atoms with Crippen LogP contribution in [0.25, 0.3) is 22.1 Å². The Kier molecular flexibility index (Phi) is 2.79. The van der Waals surface area contributed by atoms with Gasteiger partial charge >= 0.3 is 0 Å². The van der Waals surface area contributed by atoms with E-state index in [1.165, 1.54) is 0 Å². The first-order chi connectivity index (χ1) is 6.93. The summed E-state index contributed by atoms with van der Waals surface area (Å²) in [5.41, 5.74) is 3.57. The second kappa shape index (κ2) is 4.07. The quantitative estimate of drug-likeness (QED) is 0.447. The minimum absolute atomic E-state index is 0. The van der Waals surface area contributed by atoms with E-state index < -0.39 is 0 Å². The van der Waals surface area contributed by atoms with Crippen LogP contribution >= 0.6 is 0 Å². The van der Waals surface area contributed by atoms with Crippen LogP contribution in [0.2, 0.25) is 0 Å². The third-order valence-corrected chi connectivity index (χ3v) is 2.17. The van der Waals surface area contributed by atoms with Crippen molar-refractivity contribution in [1.29, 1.82) is 0 Å². The molecule has 0 saturated heterocycles. The molecule has 76 valence electrons. The number of hydrogen-bond acceptors (Lipinski definition) is 2. The molecule has 3 rings (SSSR count). The van der Waals surface area contributed by atoms with Crippen molar-refractivity contribution in [2.45, 2.75) is 0 Å². The minimum atomic E-state index is 0. The first kappa shape index (κ1) is 10.3. The molecular formula is C12H7N2Pt-. The first-order valence-electron chi connectivity index (χ1n) is 4.47. The van der Waals surface area contributed by atoms with Crippen LogP contribution in [0.3, 0.4) is 0 Å². The standard InChI is InChI=1S/C12H7N2.Pt/c1-2-6-10-9(5-1)13-11-7-3-4-8-12(11)14-10;/h1-7H;/q-1;. The Balaban J connectivity index is 0.000000853. The molecule has 0 amide bonds. The number of para-hydroxylation sites is 3. The molecule has 0 bridgehead atoms. The van der Waals surface area contributed by atoms with Crippen LogP contribution in [-0.4, -0.2) is 9.97 Å². The monoisotopic (exact) mass is 374 g/mol. The van der Waals surface area contributed by atoms with Crippen LogP contribution in [0, 0.1) is 6.07 Å². The van der Waals surface area contributed by atoms with E-state index in [9.17, 15) is 0 Å². The maximum absolute atomic E-state index is 4.48. The van der Waals surface area contributed by atoms with Gasteiger partial charge in [0.05, 0.1) is 11.0 Å². The van der Waals surface area contributed by atoms with Crippen LogP contribution < -0.4 is 0 Å². The summed E-state index contributed by atoms with van der Waals surface area (Å²) >= 11 is 0. The van der Waals surface area contributed by atoms with E-state index in [0.717, 1.165) is 22.1 Å². The summed E-state index contributed by atoms with van der Waals surface area (Å²) in [5, 5.41) is 0. The normalized spacial score (nSPS) is 10.1. The zero-order chi connectivity index (χ0) is 9.38. The number of fused-ring (bicyclic) bond motifs is 2. The maximum Gasteiger partial charge on any atom is 0.0855 e. The molecule has 3 aromatic rings. The van der Waals surface area contributed by atoms with Crippen LogP contribution in [-0.2, 0) is 21.1 Å². The molecule has 2 nitrogen and oxygen atoms in total. The molecular weight excluding hydrogens is 367 g/mol. The van der Waals surface area contributed by atoms with E-state index in [-0.39, 0.29) is 21.1 Å². The number of aromatic nitrogens is 2. The molecule has 1 aromatic heterocycles. The Labute approximate surface area is 102 Å². The molecule has 0 saturated carbocycles. The van der Waals surface area contributed by atoms with Crippen molar-refractivity contribution in [3.05, 3.63) is 48.5 Å². The van der Waals surface area contributed by atoms with Gasteiger partial charge in [-0.3, -0.25) is 4.98 Å². The number of nitrogens with zero attached hydrogens (tertiary/aromatic N) is 2. The number of rotatable bonds is 0. The van der Waals surface area contributed by atoms with Gasteiger partial charge in [0.15, 0.2) is 0 Å². The molecule has 0 N–H and O–H groups in total. The molecule has 0 fully saturated rings. The topological polar surface area (TPSA) is 25.8 Å². The van der Waals surface area contributed by atoms with Crippen LogP contribution in [0.5, 0.6) is 0 Å². The van der Waals surface area contributed by atoms with E-state index in [2.05, 4.69) is 16.0 Å². The van der Waals surface area contributed by atoms with Crippen LogP contribution in [0.15, 0.2) is 42.5 Å². The summed E-state index contributed by atoms with van der Waals surface area (Å²) < 4.78 is 0. The molecule has 0 unspecified atom stereocenters. The Morgan fingerprint density at radius 1 is 0.800 bits per heavy atom. The molecule has 0 atom stereocenters. The first-order valence-corrected chi connectivity index (χ1v) is 4.47. The predicted octanol–water partition coefficient (Wildman–Crippen LogP) is 2.58. The molecule has 0 spiro atoms. The summed E-state index contributed by atoms with van der Waals surface area (Å²) in [6.45, 7) is 0. The molecule has 1 heterocycles. The largest absolute Gasteiger partial charge is 0.309 e. The maximum atomic E-state index is 4.48. The van der Waals surface area contributed by atoms with E-state index in [4.69, 9.17) is 0 Å². The van der Waals surface area contributed by atoms with E-state index >= 15 is 0 Å². The summed E-state index contributed by atoms with van der Waals surface area (Å²) in [4.78, 5) is 8.94. The average Bonchev–Trinajstić information content (AvgIpc) is 2.26. The Morgan fingerprint density at radius 3 is 2.27 bits per heavy atom. The summed E-state index contributed by atoms with van der Waals surface area (Å²) in [6.07, 6.45) is 0. The van der Waals surface area contributed by atoms with Crippen molar-refractivity contribution in [3.8, 4) is 0 Å². The van der Waals surface area contributed by atoms with Crippen molar-refractivity contribution in [3.63, 3.8) is 0 Å². The smallest absolute Gasteiger partial charge is 0.0855 e. The van der Waals surface area contributed by atoms with Crippen LogP contribution in [0.1, 0.15) is 0 Å². The summed E-state index contributed by atoms with van der Waals surface area (Å²) in [7, 11) is 0. The van der Waals surface area contributed by atoms with Gasteiger partial charge in [0, 0.05) is 21.1 Å². The zero-order valence-corrected chi connectivity index (χ0v) is 10.0. The molecule has 0 radical (unpaired) electrons. The van der Waals surface area contributed by atoms with E-state index in [1.807, 2.05) is 42.5 Å². The van der Waals surface area contributed by atoms with E-state index in [0.29, 0.717) is 0 Å². The van der Waals surface area contributed by atoms with E-state index in [1.54, 1.807) is 0 Å². The SMILES string of the molecule is [Pt].[c-]1cccc2nc3ccccc3nc12. The Morgan fingerprint density at radius 2 is 1.47 bits per heavy atom. The minimum Gasteiger partial charge on any atom is -0.309 e. The van der Waals surface area contributed by atoms with Gasteiger partial charge in [0.25, 0.3) is 0 Å². The van der Waals surface area contributed by atoms with Crippen molar-refractivity contribution in [2.75, 3.05) is 0 Å². The molecule has 0 aliphatic carbocycles. The molecule has 3 heteroatoms. The van der Waals surface area contributed by atoms with Crippen molar-refractivity contribution >= 4 is 22.1 Å². The van der Waals surface area contributed by atoms with Gasteiger partial charge < -0.3 is 4.98 Å². The molecule has 0 aliphatic rings. The fourth-order valence-corrected chi connectivity index (χ4v) is 1.50.